The monoisotopic (exact) mass is 405 g/mol. The Morgan fingerprint density at radius 2 is 1.63 bits per heavy atom. The van der Waals surface area contributed by atoms with E-state index in [2.05, 4.69) is 16.3 Å². The largest absolute Gasteiger partial charge is 0.355 e. The molecular weight excluding hydrogens is 374 g/mol. The highest BCUT2D eigenvalue weighted by atomic mass is 16.2. The average Bonchev–Trinajstić information content (AvgIpc) is 2.80. The highest BCUT2D eigenvalue weighted by molar-refractivity contribution is 5.89. The van der Waals surface area contributed by atoms with Crippen molar-refractivity contribution in [2.45, 2.75) is 82.2 Å². The molecule has 1 N–H and O–H groups in total. The Labute approximate surface area is 178 Å². The number of anilines is 1. The Morgan fingerprint density at radius 1 is 1.03 bits per heavy atom. The van der Waals surface area contributed by atoms with Gasteiger partial charge in [-0.15, -0.1) is 0 Å². The number of rotatable bonds is 5. The summed E-state index contributed by atoms with van der Waals surface area (Å²) in [4.78, 5) is 24.9. The van der Waals surface area contributed by atoms with Crippen LogP contribution in [-0.4, -0.2) is 35.0 Å². The van der Waals surface area contributed by atoms with E-state index in [1.807, 2.05) is 31.3 Å². The van der Waals surface area contributed by atoms with Gasteiger partial charge < -0.3 is 10.2 Å². The van der Waals surface area contributed by atoms with Gasteiger partial charge in [-0.25, -0.2) is 9.97 Å². The van der Waals surface area contributed by atoms with Crippen molar-refractivity contribution < 1.29 is 4.79 Å². The number of aromatic nitrogens is 2. The molecule has 0 spiro atoms. The summed E-state index contributed by atoms with van der Waals surface area (Å²) in [5.41, 5.74) is 2.00. The molecule has 2 saturated carbocycles. The summed E-state index contributed by atoms with van der Waals surface area (Å²) in [5.74, 6) is -0.525. The van der Waals surface area contributed by atoms with E-state index >= 15 is 0 Å². The Morgan fingerprint density at radius 3 is 2.27 bits per heavy atom. The zero-order chi connectivity index (χ0) is 20.9. The lowest BCUT2D eigenvalue weighted by Gasteiger charge is -2.33. The number of nitrogens with one attached hydrogen (secondary N) is 1. The second-order valence-electron chi connectivity index (χ2n) is 8.73. The molecule has 158 valence electrons. The van der Waals surface area contributed by atoms with E-state index in [0.717, 1.165) is 49.6 Å². The molecule has 1 heterocycles. The van der Waals surface area contributed by atoms with Gasteiger partial charge in [0.2, 0.25) is 5.91 Å². The van der Waals surface area contributed by atoms with Gasteiger partial charge in [-0.2, -0.15) is 5.26 Å². The van der Waals surface area contributed by atoms with Gasteiger partial charge in [0.25, 0.3) is 0 Å². The first-order valence-corrected chi connectivity index (χ1v) is 11.4. The highest BCUT2D eigenvalue weighted by Gasteiger charge is 2.31. The number of para-hydroxylation sites is 2. The van der Waals surface area contributed by atoms with Crippen LogP contribution in [0.3, 0.4) is 0 Å². The molecule has 2 aliphatic rings. The maximum Gasteiger partial charge on any atom is 0.243 e. The van der Waals surface area contributed by atoms with Gasteiger partial charge in [0, 0.05) is 19.1 Å². The van der Waals surface area contributed by atoms with Crippen LogP contribution in [0.4, 0.5) is 5.82 Å². The third-order valence-electron chi connectivity index (χ3n) is 6.65. The quantitative estimate of drug-likeness (QED) is 0.794. The van der Waals surface area contributed by atoms with E-state index in [-0.39, 0.29) is 11.9 Å². The number of carbonyl (C=O) groups is 1. The van der Waals surface area contributed by atoms with Crippen LogP contribution < -0.4 is 10.2 Å². The molecule has 1 atom stereocenters. The molecule has 30 heavy (non-hydrogen) atoms. The van der Waals surface area contributed by atoms with Gasteiger partial charge in [-0.1, -0.05) is 50.7 Å². The zero-order valence-electron chi connectivity index (χ0n) is 17.8. The molecule has 6 heteroatoms. The lowest BCUT2D eigenvalue weighted by Crippen LogP contribution is -2.40. The summed E-state index contributed by atoms with van der Waals surface area (Å²) in [6.45, 7) is 0. The fourth-order valence-corrected chi connectivity index (χ4v) is 4.87. The maximum absolute atomic E-state index is 13.1. The number of benzene rings is 1. The van der Waals surface area contributed by atoms with Gasteiger partial charge in [0.15, 0.2) is 11.7 Å². The van der Waals surface area contributed by atoms with Gasteiger partial charge in [0.05, 0.1) is 17.1 Å². The second-order valence-corrected chi connectivity index (χ2v) is 8.73. The van der Waals surface area contributed by atoms with Crippen LogP contribution in [-0.2, 0) is 4.79 Å². The van der Waals surface area contributed by atoms with Crippen molar-refractivity contribution in [3.8, 4) is 6.07 Å². The number of nitrogens with zero attached hydrogens (tertiary/aromatic N) is 4. The molecule has 2 aromatic rings. The number of hydrogen-bond donors (Lipinski definition) is 1. The molecule has 1 aromatic heterocycles. The lowest BCUT2D eigenvalue weighted by atomic mass is 9.93. The van der Waals surface area contributed by atoms with Crippen molar-refractivity contribution >= 4 is 22.8 Å². The number of hydrogen-bond acceptors (Lipinski definition) is 5. The molecule has 2 fully saturated rings. The van der Waals surface area contributed by atoms with Crippen LogP contribution in [0.5, 0.6) is 0 Å². The highest BCUT2D eigenvalue weighted by Crippen LogP contribution is 2.31. The lowest BCUT2D eigenvalue weighted by molar-refractivity contribution is -0.122. The molecule has 6 nitrogen and oxygen atoms in total. The summed E-state index contributed by atoms with van der Waals surface area (Å²) in [5, 5.41) is 13.1. The zero-order valence-corrected chi connectivity index (χ0v) is 17.8. The molecule has 0 bridgehead atoms. The van der Waals surface area contributed by atoms with Crippen LogP contribution in [0.1, 0.15) is 75.8 Å². The van der Waals surface area contributed by atoms with E-state index in [1.165, 1.54) is 25.7 Å². The molecule has 1 amide bonds. The Balaban J connectivity index is 1.69. The third-order valence-corrected chi connectivity index (χ3v) is 6.65. The van der Waals surface area contributed by atoms with Crippen LogP contribution in [0.25, 0.3) is 11.0 Å². The summed E-state index contributed by atoms with van der Waals surface area (Å²) in [7, 11) is 2.03. The second kappa shape index (κ2) is 9.42. The van der Waals surface area contributed by atoms with Crippen LogP contribution in [0.15, 0.2) is 24.3 Å². The SMILES string of the molecule is CN(c1nc2ccccc2nc1[C@@H](C#N)C(=O)NC1CCCCC1)C1CCCCC1. The maximum atomic E-state index is 13.1. The molecule has 0 radical (unpaired) electrons. The number of amides is 1. The first kappa shape index (κ1) is 20.6. The van der Waals surface area contributed by atoms with Crippen molar-refractivity contribution in [3.63, 3.8) is 0 Å². The van der Waals surface area contributed by atoms with E-state index in [9.17, 15) is 10.1 Å². The topological polar surface area (TPSA) is 81.9 Å². The Hall–Kier alpha value is -2.68. The van der Waals surface area contributed by atoms with Gasteiger partial charge >= 0.3 is 0 Å². The minimum absolute atomic E-state index is 0.162. The van der Waals surface area contributed by atoms with Gasteiger partial charge in [-0.05, 0) is 37.8 Å². The van der Waals surface area contributed by atoms with Gasteiger partial charge in [0.1, 0.15) is 5.69 Å². The van der Waals surface area contributed by atoms with Crippen LogP contribution in [0, 0.1) is 11.3 Å². The van der Waals surface area contributed by atoms with Crippen molar-refractivity contribution in [2.75, 3.05) is 11.9 Å². The summed E-state index contributed by atoms with van der Waals surface area (Å²) in [6.07, 6.45) is 11.4. The van der Waals surface area contributed by atoms with Crippen LogP contribution in [0.2, 0.25) is 0 Å². The van der Waals surface area contributed by atoms with E-state index in [1.54, 1.807) is 0 Å². The van der Waals surface area contributed by atoms with E-state index < -0.39 is 5.92 Å². The standard InChI is InChI=1S/C24H31N5O/c1-29(18-12-6-3-7-13-18)23-22(27-20-14-8-9-15-21(20)28-23)19(16-25)24(30)26-17-10-4-2-5-11-17/h8-9,14-15,17-19H,2-7,10-13H2,1H3,(H,26,30)/t19-/m1/s1. The van der Waals surface area contributed by atoms with E-state index in [4.69, 9.17) is 9.97 Å². The minimum Gasteiger partial charge on any atom is -0.355 e. The molecular formula is C24H31N5O. The summed E-state index contributed by atoms with van der Waals surface area (Å²) >= 11 is 0. The number of carbonyl (C=O) groups excluding carboxylic acids is 1. The minimum atomic E-state index is -0.954. The molecule has 0 saturated heterocycles. The molecule has 0 aliphatic heterocycles. The molecule has 4 rings (SSSR count). The number of nitriles is 1. The Kier molecular flexibility index (Phi) is 6.47. The van der Waals surface area contributed by atoms with E-state index in [0.29, 0.717) is 17.6 Å². The third kappa shape index (κ3) is 4.40. The predicted octanol–water partition coefficient (Wildman–Crippen LogP) is 4.45. The molecule has 0 unspecified atom stereocenters. The molecule has 2 aliphatic carbocycles. The fraction of sp³-hybridized carbons (Fsp3) is 0.583. The van der Waals surface area contributed by atoms with Crippen molar-refractivity contribution in [1.29, 1.82) is 5.26 Å². The smallest absolute Gasteiger partial charge is 0.243 e. The van der Waals surface area contributed by atoms with Crippen LogP contribution >= 0.6 is 0 Å². The van der Waals surface area contributed by atoms with Crippen molar-refractivity contribution in [1.82, 2.24) is 15.3 Å². The number of fused-ring (bicyclic) bond motifs is 1. The van der Waals surface area contributed by atoms with Crippen molar-refractivity contribution in [3.05, 3.63) is 30.0 Å². The van der Waals surface area contributed by atoms with Crippen molar-refractivity contribution in [2.24, 2.45) is 0 Å². The first-order valence-electron chi connectivity index (χ1n) is 11.4. The Bertz CT molecular complexity index is 925. The summed E-state index contributed by atoms with van der Waals surface area (Å²) in [6, 6.07) is 10.4. The normalized spacial score (nSPS) is 19.2. The summed E-state index contributed by atoms with van der Waals surface area (Å²) < 4.78 is 0. The average molecular weight is 406 g/mol. The predicted molar refractivity (Wildman–Crippen MR) is 118 cm³/mol. The first-order chi connectivity index (χ1) is 14.7. The van der Waals surface area contributed by atoms with Gasteiger partial charge in [-0.3, -0.25) is 4.79 Å². The molecule has 1 aromatic carbocycles. The fourth-order valence-electron chi connectivity index (χ4n) is 4.87.